The molecule has 2 aliphatic rings. The second-order valence-corrected chi connectivity index (χ2v) is 9.88. The Kier molecular flexibility index (Phi) is 5.29. The zero-order valence-corrected chi connectivity index (χ0v) is 18.8. The fraction of sp³-hybridized carbons (Fsp3) is 0.320. The van der Waals surface area contributed by atoms with E-state index in [1.54, 1.807) is 0 Å². The first-order valence-electron chi connectivity index (χ1n) is 10.8. The van der Waals surface area contributed by atoms with E-state index in [2.05, 4.69) is 16.4 Å². The molecule has 32 heavy (non-hydrogen) atoms. The number of rotatable bonds is 5. The fourth-order valence-electron chi connectivity index (χ4n) is 4.66. The highest BCUT2D eigenvalue weighted by Crippen LogP contribution is 2.50. The quantitative estimate of drug-likeness (QED) is 0.626. The molecule has 3 aromatic rings. The predicted molar refractivity (Wildman–Crippen MR) is 122 cm³/mol. The van der Waals surface area contributed by atoms with Crippen LogP contribution in [0.25, 0.3) is 10.4 Å². The monoisotopic (exact) mass is 449 g/mol. The van der Waals surface area contributed by atoms with Crippen molar-refractivity contribution in [2.24, 2.45) is 11.8 Å². The van der Waals surface area contributed by atoms with Crippen molar-refractivity contribution < 1.29 is 14.0 Å². The number of hydrogen-bond donors (Lipinski definition) is 1. The fourth-order valence-corrected chi connectivity index (χ4v) is 5.56. The Bertz CT molecular complexity index is 1190. The predicted octanol–water partition coefficient (Wildman–Crippen LogP) is 4.46. The third-order valence-corrected chi connectivity index (χ3v) is 7.38. The highest BCUT2D eigenvalue weighted by atomic mass is 32.1. The molecule has 1 aromatic heterocycles. The Balaban J connectivity index is 1.35. The summed E-state index contributed by atoms with van der Waals surface area (Å²) in [6.07, 6.45) is 1.09. The van der Waals surface area contributed by atoms with Crippen LogP contribution >= 0.6 is 11.3 Å². The van der Waals surface area contributed by atoms with Gasteiger partial charge in [-0.25, -0.2) is 9.37 Å². The van der Waals surface area contributed by atoms with Crippen molar-refractivity contribution in [1.82, 2.24) is 15.2 Å². The first-order chi connectivity index (χ1) is 15.4. The molecule has 1 aliphatic heterocycles. The van der Waals surface area contributed by atoms with Crippen molar-refractivity contribution in [3.05, 3.63) is 76.2 Å². The van der Waals surface area contributed by atoms with E-state index in [1.165, 1.54) is 35.6 Å². The van der Waals surface area contributed by atoms with E-state index < -0.39 is 0 Å². The summed E-state index contributed by atoms with van der Waals surface area (Å²) in [4.78, 5) is 33.5. The van der Waals surface area contributed by atoms with Crippen LogP contribution in [0.5, 0.6) is 0 Å². The molecule has 5 rings (SSSR count). The first kappa shape index (κ1) is 20.8. The molecule has 1 saturated heterocycles. The molecular formula is C25H24FN3O2S. The summed E-state index contributed by atoms with van der Waals surface area (Å²) in [6, 6.07) is 13.5. The molecule has 164 valence electrons. The number of amides is 2. The van der Waals surface area contributed by atoms with Gasteiger partial charge in [0, 0.05) is 18.7 Å². The number of carbonyl (C=O) groups excluding carboxylic acids is 2. The van der Waals surface area contributed by atoms with Crippen LogP contribution in [0.3, 0.4) is 0 Å². The van der Waals surface area contributed by atoms with Crippen LogP contribution < -0.4 is 5.32 Å². The van der Waals surface area contributed by atoms with Gasteiger partial charge in [0.1, 0.15) is 11.5 Å². The summed E-state index contributed by atoms with van der Waals surface area (Å²) < 4.78 is 13.1. The van der Waals surface area contributed by atoms with Crippen molar-refractivity contribution in [2.45, 2.75) is 26.3 Å². The summed E-state index contributed by atoms with van der Waals surface area (Å²) >= 11 is 1.53. The summed E-state index contributed by atoms with van der Waals surface area (Å²) in [7, 11) is 0. The topological polar surface area (TPSA) is 62.3 Å². The lowest BCUT2D eigenvalue weighted by molar-refractivity contribution is 0.0690. The minimum atomic E-state index is -0.377. The number of halogens is 1. The van der Waals surface area contributed by atoms with Gasteiger partial charge in [-0.2, -0.15) is 0 Å². The van der Waals surface area contributed by atoms with E-state index in [4.69, 9.17) is 0 Å². The van der Waals surface area contributed by atoms with Gasteiger partial charge in [-0.05, 0) is 61.9 Å². The Hall–Kier alpha value is -3.06. The summed E-state index contributed by atoms with van der Waals surface area (Å²) in [6.45, 7) is 5.03. The van der Waals surface area contributed by atoms with Crippen LogP contribution in [-0.2, 0) is 0 Å². The molecule has 0 spiro atoms. The van der Waals surface area contributed by atoms with Crippen LogP contribution in [0, 0.1) is 31.5 Å². The van der Waals surface area contributed by atoms with Gasteiger partial charge >= 0.3 is 0 Å². The van der Waals surface area contributed by atoms with E-state index in [1.807, 2.05) is 36.9 Å². The number of fused-ring (bicyclic) bond motifs is 1. The van der Waals surface area contributed by atoms with Gasteiger partial charge in [0.2, 0.25) is 0 Å². The SMILES string of the molecule is Cc1cccc(-c2sc(C)nc2C(=O)N2CC3CC3C2CNC(=O)c2ccc(F)cc2)c1. The van der Waals surface area contributed by atoms with E-state index in [0.29, 0.717) is 36.2 Å². The lowest BCUT2D eigenvalue weighted by atomic mass is 10.1. The molecule has 2 aromatic carbocycles. The van der Waals surface area contributed by atoms with Gasteiger partial charge in [-0.15, -0.1) is 11.3 Å². The van der Waals surface area contributed by atoms with Crippen LogP contribution in [0.15, 0.2) is 48.5 Å². The summed E-state index contributed by atoms with van der Waals surface area (Å²) in [5, 5.41) is 3.80. The Labute approximate surface area is 190 Å². The van der Waals surface area contributed by atoms with Crippen molar-refractivity contribution >= 4 is 23.2 Å². The standard InChI is InChI=1S/C25H24FN3O2S/c1-14-4-3-5-17(10-14)23-22(28-15(2)32-23)25(31)29-13-18-11-20(18)21(29)12-27-24(30)16-6-8-19(26)9-7-16/h3-10,18,20-21H,11-13H2,1-2H3,(H,27,30). The van der Waals surface area contributed by atoms with Crippen LogP contribution in [0.2, 0.25) is 0 Å². The molecule has 2 heterocycles. The summed E-state index contributed by atoms with van der Waals surface area (Å²) in [5.74, 6) is 0.201. The largest absolute Gasteiger partial charge is 0.350 e. The van der Waals surface area contributed by atoms with Gasteiger partial charge in [0.25, 0.3) is 11.8 Å². The molecule has 2 fully saturated rings. The molecule has 3 unspecified atom stereocenters. The molecule has 1 aliphatic carbocycles. The Morgan fingerprint density at radius 2 is 1.97 bits per heavy atom. The van der Waals surface area contributed by atoms with E-state index in [0.717, 1.165) is 27.4 Å². The molecule has 3 atom stereocenters. The summed E-state index contributed by atoms with van der Waals surface area (Å²) in [5.41, 5.74) is 3.04. The van der Waals surface area contributed by atoms with Crippen LogP contribution in [-0.4, -0.2) is 40.8 Å². The molecule has 0 radical (unpaired) electrons. The van der Waals surface area contributed by atoms with Gasteiger partial charge in [-0.1, -0.05) is 29.8 Å². The average molecular weight is 450 g/mol. The van der Waals surface area contributed by atoms with Gasteiger partial charge in [0.05, 0.1) is 15.9 Å². The third-order valence-electron chi connectivity index (χ3n) is 6.36. The number of thiazole rings is 1. The molecule has 2 amide bonds. The van der Waals surface area contributed by atoms with Crippen molar-refractivity contribution in [2.75, 3.05) is 13.1 Å². The van der Waals surface area contributed by atoms with Gasteiger partial charge < -0.3 is 10.2 Å². The number of benzene rings is 2. The van der Waals surface area contributed by atoms with E-state index in [-0.39, 0.29) is 23.7 Å². The molecule has 7 heteroatoms. The number of nitrogens with one attached hydrogen (secondary N) is 1. The number of piperidine rings is 1. The number of likely N-dealkylation sites (tertiary alicyclic amines) is 1. The minimum Gasteiger partial charge on any atom is -0.350 e. The first-order valence-corrected chi connectivity index (χ1v) is 11.6. The van der Waals surface area contributed by atoms with Gasteiger partial charge in [-0.3, -0.25) is 9.59 Å². The maximum Gasteiger partial charge on any atom is 0.274 e. The van der Waals surface area contributed by atoms with Crippen LogP contribution in [0.1, 0.15) is 37.8 Å². The number of aromatic nitrogens is 1. The van der Waals surface area contributed by atoms with Crippen molar-refractivity contribution in [3.63, 3.8) is 0 Å². The van der Waals surface area contributed by atoms with Crippen molar-refractivity contribution in [3.8, 4) is 10.4 Å². The number of aryl methyl sites for hydroxylation is 2. The average Bonchev–Trinajstić information content (AvgIpc) is 3.29. The smallest absolute Gasteiger partial charge is 0.274 e. The minimum absolute atomic E-state index is 0.0516. The zero-order chi connectivity index (χ0) is 22.4. The molecule has 1 saturated carbocycles. The van der Waals surface area contributed by atoms with Crippen molar-refractivity contribution in [1.29, 1.82) is 0 Å². The highest BCUT2D eigenvalue weighted by Gasteiger charge is 2.54. The zero-order valence-electron chi connectivity index (χ0n) is 18.0. The molecule has 5 nitrogen and oxygen atoms in total. The molecular weight excluding hydrogens is 425 g/mol. The van der Waals surface area contributed by atoms with Crippen LogP contribution in [0.4, 0.5) is 4.39 Å². The van der Waals surface area contributed by atoms with E-state index in [9.17, 15) is 14.0 Å². The number of nitrogens with zero attached hydrogens (tertiary/aromatic N) is 2. The maximum absolute atomic E-state index is 13.6. The normalized spacial score (nSPS) is 21.3. The van der Waals surface area contributed by atoms with Gasteiger partial charge in [0.15, 0.2) is 0 Å². The van der Waals surface area contributed by atoms with E-state index >= 15 is 0 Å². The lowest BCUT2D eigenvalue weighted by Gasteiger charge is -2.27. The second kappa shape index (κ2) is 8.13. The third kappa shape index (κ3) is 3.93. The lowest BCUT2D eigenvalue weighted by Crippen LogP contribution is -2.45. The molecule has 1 N–H and O–H groups in total. The number of hydrogen-bond acceptors (Lipinski definition) is 4. The molecule has 0 bridgehead atoms. The highest BCUT2D eigenvalue weighted by molar-refractivity contribution is 7.15. The number of carbonyl (C=O) groups is 2. The maximum atomic E-state index is 13.6. The second-order valence-electron chi connectivity index (χ2n) is 8.68. The Morgan fingerprint density at radius 1 is 1.19 bits per heavy atom. The Morgan fingerprint density at radius 3 is 2.72 bits per heavy atom.